The molecule has 0 radical (unpaired) electrons. The van der Waals surface area contributed by atoms with Crippen LogP contribution in [0.2, 0.25) is 0 Å². The molecule has 0 saturated carbocycles. The molecule has 2 heterocycles. The second-order valence-corrected chi connectivity index (χ2v) is 6.42. The van der Waals surface area contributed by atoms with E-state index in [0.717, 1.165) is 37.2 Å². The topological polar surface area (TPSA) is 61.8 Å². The molecule has 2 fully saturated rings. The minimum atomic E-state index is -0.714. The first kappa shape index (κ1) is 15.3. The van der Waals surface area contributed by atoms with Gasteiger partial charge in [-0.05, 0) is 44.0 Å². The number of piperidine rings is 1. The van der Waals surface area contributed by atoms with Crippen molar-refractivity contribution >= 4 is 5.97 Å². The van der Waals surface area contributed by atoms with E-state index in [1.807, 2.05) is 18.2 Å². The molecule has 5 heteroatoms. The van der Waals surface area contributed by atoms with Crippen LogP contribution in [0.1, 0.15) is 30.9 Å². The predicted octanol–water partition coefficient (Wildman–Crippen LogP) is 1.89. The second-order valence-electron chi connectivity index (χ2n) is 6.42. The van der Waals surface area contributed by atoms with Gasteiger partial charge in [-0.1, -0.05) is 12.1 Å². The number of carboxylic acid groups (broad SMARTS) is 1. The van der Waals surface area contributed by atoms with E-state index in [1.165, 1.54) is 0 Å². The highest BCUT2D eigenvalue weighted by molar-refractivity contribution is 5.70. The van der Waals surface area contributed by atoms with Crippen LogP contribution in [-0.4, -0.2) is 48.8 Å². The number of carbonyl (C=O) groups is 1. The van der Waals surface area contributed by atoms with Gasteiger partial charge in [-0.2, -0.15) is 0 Å². The number of carboxylic acids is 1. The van der Waals surface area contributed by atoms with Gasteiger partial charge < -0.3 is 20.1 Å². The maximum absolute atomic E-state index is 11.1. The van der Waals surface area contributed by atoms with Gasteiger partial charge in [0, 0.05) is 25.7 Å². The molecule has 2 atom stereocenters. The summed E-state index contributed by atoms with van der Waals surface area (Å²) in [6, 6.07) is 8.20. The van der Waals surface area contributed by atoms with Crippen LogP contribution in [-0.2, 0) is 4.79 Å². The maximum Gasteiger partial charge on any atom is 0.307 e. The van der Waals surface area contributed by atoms with Gasteiger partial charge in [0.1, 0.15) is 11.9 Å². The third-order valence-corrected chi connectivity index (χ3v) is 4.71. The number of ether oxygens (including phenoxy) is 1. The summed E-state index contributed by atoms with van der Waals surface area (Å²) in [5.74, 6) is -0.107. The van der Waals surface area contributed by atoms with Crippen molar-refractivity contribution in [1.29, 1.82) is 0 Å². The largest absolute Gasteiger partial charge is 0.490 e. The Morgan fingerprint density at radius 3 is 2.82 bits per heavy atom. The number of rotatable bonds is 4. The number of hydrogen-bond donors (Lipinski definition) is 2. The Morgan fingerprint density at radius 2 is 2.14 bits per heavy atom. The second kappa shape index (κ2) is 6.67. The molecule has 3 rings (SSSR count). The summed E-state index contributed by atoms with van der Waals surface area (Å²) in [4.78, 5) is 13.4. The van der Waals surface area contributed by atoms with Gasteiger partial charge in [-0.3, -0.25) is 4.79 Å². The van der Waals surface area contributed by atoms with Crippen molar-refractivity contribution in [3.8, 4) is 5.75 Å². The highest BCUT2D eigenvalue weighted by Crippen LogP contribution is 2.30. The van der Waals surface area contributed by atoms with Gasteiger partial charge >= 0.3 is 5.97 Å². The fourth-order valence-corrected chi connectivity index (χ4v) is 3.28. The van der Waals surface area contributed by atoms with E-state index in [-0.39, 0.29) is 18.1 Å². The molecular formula is C17H24N2O3. The van der Waals surface area contributed by atoms with Crippen molar-refractivity contribution in [3.05, 3.63) is 29.8 Å². The minimum absolute atomic E-state index is 0.113. The Balaban J connectivity index is 1.62. The zero-order valence-corrected chi connectivity index (χ0v) is 13.0. The Bertz CT molecular complexity index is 526. The molecule has 0 spiro atoms. The predicted molar refractivity (Wildman–Crippen MR) is 84.1 cm³/mol. The van der Waals surface area contributed by atoms with Crippen molar-refractivity contribution in [1.82, 2.24) is 10.2 Å². The highest BCUT2D eigenvalue weighted by Gasteiger charge is 2.30. The maximum atomic E-state index is 11.1. The van der Waals surface area contributed by atoms with E-state index in [0.29, 0.717) is 13.0 Å². The van der Waals surface area contributed by atoms with Gasteiger partial charge in [-0.25, -0.2) is 0 Å². The normalized spacial score (nSPS) is 27.0. The molecule has 2 aliphatic heterocycles. The molecule has 120 valence electrons. The monoisotopic (exact) mass is 304 g/mol. The first-order valence-electron chi connectivity index (χ1n) is 8.03. The molecule has 1 aromatic carbocycles. The molecule has 2 N–H and O–H groups in total. The molecule has 22 heavy (non-hydrogen) atoms. The number of likely N-dealkylation sites (tertiary alicyclic amines) is 1. The SMILES string of the molecule is CN1CCC(Oc2cccc(C3CC(C(=O)O)CN3)c2)CC1. The molecule has 0 aromatic heterocycles. The molecule has 0 bridgehead atoms. The van der Waals surface area contributed by atoms with Gasteiger partial charge in [-0.15, -0.1) is 0 Å². The molecular weight excluding hydrogens is 280 g/mol. The fraction of sp³-hybridized carbons (Fsp3) is 0.588. The lowest BCUT2D eigenvalue weighted by Crippen LogP contribution is -2.35. The van der Waals surface area contributed by atoms with E-state index in [2.05, 4.69) is 23.3 Å². The Morgan fingerprint density at radius 1 is 1.36 bits per heavy atom. The Hall–Kier alpha value is -1.59. The van der Waals surface area contributed by atoms with Crippen molar-refractivity contribution in [2.75, 3.05) is 26.7 Å². The smallest absolute Gasteiger partial charge is 0.307 e. The number of aliphatic carboxylic acids is 1. The van der Waals surface area contributed by atoms with Crippen LogP contribution < -0.4 is 10.1 Å². The summed E-state index contributed by atoms with van der Waals surface area (Å²) in [5, 5.41) is 12.4. The third-order valence-electron chi connectivity index (χ3n) is 4.71. The first-order chi connectivity index (χ1) is 10.6. The number of benzene rings is 1. The lowest BCUT2D eigenvalue weighted by molar-refractivity contribution is -0.141. The van der Waals surface area contributed by atoms with Gasteiger partial charge in [0.05, 0.1) is 5.92 Å². The van der Waals surface area contributed by atoms with E-state index >= 15 is 0 Å². The van der Waals surface area contributed by atoms with Crippen LogP contribution in [0.3, 0.4) is 0 Å². The number of hydrogen-bond acceptors (Lipinski definition) is 4. The van der Waals surface area contributed by atoms with Gasteiger partial charge in [0.2, 0.25) is 0 Å². The van der Waals surface area contributed by atoms with Crippen molar-refractivity contribution in [3.63, 3.8) is 0 Å². The molecule has 5 nitrogen and oxygen atoms in total. The molecule has 1 aromatic rings. The summed E-state index contributed by atoms with van der Waals surface area (Å²) < 4.78 is 6.11. The Labute approximate surface area is 131 Å². The average Bonchev–Trinajstić information content (AvgIpc) is 3.00. The summed E-state index contributed by atoms with van der Waals surface area (Å²) >= 11 is 0. The summed E-state index contributed by atoms with van der Waals surface area (Å²) in [6.45, 7) is 2.70. The van der Waals surface area contributed by atoms with E-state index < -0.39 is 5.97 Å². The minimum Gasteiger partial charge on any atom is -0.490 e. The van der Waals surface area contributed by atoms with Crippen molar-refractivity contribution in [2.45, 2.75) is 31.4 Å². The van der Waals surface area contributed by atoms with Crippen LogP contribution in [0.4, 0.5) is 0 Å². The summed E-state index contributed by atoms with van der Waals surface area (Å²) in [5.41, 5.74) is 1.12. The van der Waals surface area contributed by atoms with E-state index in [1.54, 1.807) is 0 Å². The zero-order valence-electron chi connectivity index (χ0n) is 13.0. The molecule has 2 unspecified atom stereocenters. The lowest BCUT2D eigenvalue weighted by atomic mass is 10.00. The van der Waals surface area contributed by atoms with E-state index in [4.69, 9.17) is 9.84 Å². The third kappa shape index (κ3) is 3.59. The zero-order chi connectivity index (χ0) is 15.5. The number of nitrogens with one attached hydrogen (secondary N) is 1. The number of nitrogens with zero attached hydrogens (tertiary/aromatic N) is 1. The summed E-state index contributed by atoms with van der Waals surface area (Å²) in [6.07, 6.45) is 3.05. The first-order valence-corrected chi connectivity index (χ1v) is 8.03. The Kier molecular flexibility index (Phi) is 4.64. The quantitative estimate of drug-likeness (QED) is 0.889. The van der Waals surface area contributed by atoms with E-state index in [9.17, 15) is 4.79 Å². The molecule has 2 saturated heterocycles. The standard InChI is InChI=1S/C17H24N2O3/c1-19-7-5-14(6-8-19)22-15-4-2-3-12(9-15)16-10-13(11-18-16)17(20)21/h2-4,9,13-14,16,18H,5-8,10-11H2,1H3,(H,20,21). The van der Waals surface area contributed by atoms with Crippen molar-refractivity contribution < 1.29 is 14.6 Å². The van der Waals surface area contributed by atoms with Crippen LogP contribution in [0, 0.1) is 5.92 Å². The molecule has 0 amide bonds. The average molecular weight is 304 g/mol. The van der Waals surface area contributed by atoms with Crippen molar-refractivity contribution in [2.24, 2.45) is 5.92 Å². The van der Waals surface area contributed by atoms with Crippen LogP contribution in [0.5, 0.6) is 5.75 Å². The lowest BCUT2D eigenvalue weighted by Gasteiger charge is -2.29. The molecule has 2 aliphatic rings. The van der Waals surface area contributed by atoms with Gasteiger partial charge in [0.25, 0.3) is 0 Å². The van der Waals surface area contributed by atoms with Gasteiger partial charge in [0.15, 0.2) is 0 Å². The summed E-state index contributed by atoms with van der Waals surface area (Å²) in [7, 11) is 2.14. The fourth-order valence-electron chi connectivity index (χ4n) is 3.28. The highest BCUT2D eigenvalue weighted by atomic mass is 16.5. The van der Waals surface area contributed by atoms with Crippen LogP contribution >= 0.6 is 0 Å². The molecule has 0 aliphatic carbocycles. The van der Waals surface area contributed by atoms with Crippen LogP contribution in [0.25, 0.3) is 0 Å². The van der Waals surface area contributed by atoms with Crippen LogP contribution in [0.15, 0.2) is 24.3 Å².